The lowest BCUT2D eigenvalue weighted by Gasteiger charge is -2.12. The quantitative estimate of drug-likeness (QED) is 0.667. The fourth-order valence-corrected chi connectivity index (χ4v) is 2.03. The molecule has 0 atom stereocenters. The van der Waals surface area contributed by atoms with Crippen LogP contribution < -0.4 is 0 Å². The van der Waals surface area contributed by atoms with Crippen molar-refractivity contribution < 1.29 is 19.4 Å². The molecular weight excluding hydrogens is 244 g/mol. The number of hydrogen-bond acceptors (Lipinski definition) is 3. The lowest BCUT2D eigenvalue weighted by molar-refractivity contribution is 0.0535. The number of rotatable bonds is 4. The molecule has 4 heteroatoms. The van der Waals surface area contributed by atoms with Crippen LogP contribution in [0, 0.1) is 0 Å². The average Bonchev–Trinajstić information content (AvgIpc) is 2.46. The van der Waals surface area contributed by atoms with Gasteiger partial charge in [-0.3, -0.25) is 0 Å². The lowest BCUT2D eigenvalue weighted by Crippen LogP contribution is -2.09. The summed E-state index contributed by atoms with van der Waals surface area (Å²) in [6.07, 6.45) is 6.53. The van der Waals surface area contributed by atoms with E-state index in [1.54, 1.807) is 0 Å². The van der Waals surface area contributed by atoms with Crippen molar-refractivity contribution in [2.45, 2.75) is 25.7 Å². The minimum Gasteiger partial charge on any atom is -0.478 e. The highest BCUT2D eigenvalue weighted by atomic mass is 16.5. The highest BCUT2D eigenvalue weighted by molar-refractivity contribution is 5.92. The summed E-state index contributed by atoms with van der Waals surface area (Å²) >= 11 is 0. The topological polar surface area (TPSA) is 63.6 Å². The maximum atomic E-state index is 11.8. The summed E-state index contributed by atoms with van der Waals surface area (Å²) in [5.74, 6) is -1.42. The summed E-state index contributed by atoms with van der Waals surface area (Å²) in [4.78, 5) is 22.5. The van der Waals surface area contributed by atoms with E-state index in [1.165, 1.54) is 36.3 Å². The fraction of sp³-hybridized carbons (Fsp3) is 0.333. The molecule has 0 unspecified atom stereocenters. The van der Waals surface area contributed by atoms with Gasteiger partial charge in [0.1, 0.15) is 6.61 Å². The van der Waals surface area contributed by atoms with E-state index in [9.17, 15) is 9.59 Å². The molecule has 0 heterocycles. The summed E-state index contributed by atoms with van der Waals surface area (Å²) in [6.45, 7) is 0.333. The third-order valence-electron chi connectivity index (χ3n) is 3.14. The second-order valence-electron chi connectivity index (χ2n) is 4.57. The largest absolute Gasteiger partial charge is 0.478 e. The van der Waals surface area contributed by atoms with Crippen molar-refractivity contribution in [2.75, 3.05) is 6.61 Å². The number of allylic oxidation sites excluding steroid dienone is 1. The summed E-state index contributed by atoms with van der Waals surface area (Å²) in [6, 6.07) is 5.75. The van der Waals surface area contributed by atoms with Gasteiger partial charge in [0.2, 0.25) is 0 Å². The highest BCUT2D eigenvalue weighted by Crippen LogP contribution is 2.17. The van der Waals surface area contributed by atoms with Crippen molar-refractivity contribution in [1.82, 2.24) is 0 Å². The number of carboxylic acids is 1. The second kappa shape index (κ2) is 6.18. The Kier molecular flexibility index (Phi) is 4.34. The van der Waals surface area contributed by atoms with Gasteiger partial charge in [-0.25, -0.2) is 9.59 Å². The Balaban J connectivity index is 1.92. The number of aromatic carboxylic acids is 1. The Hall–Kier alpha value is -2.10. The van der Waals surface area contributed by atoms with Crippen LogP contribution in [0.4, 0.5) is 0 Å². The first-order valence-electron chi connectivity index (χ1n) is 6.35. The van der Waals surface area contributed by atoms with E-state index in [1.807, 2.05) is 0 Å². The molecule has 0 bridgehead atoms. The van der Waals surface area contributed by atoms with Crippen LogP contribution in [-0.4, -0.2) is 23.7 Å². The minimum absolute atomic E-state index is 0.159. The Morgan fingerprint density at radius 2 is 1.79 bits per heavy atom. The number of carbonyl (C=O) groups excluding carboxylic acids is 1. The summed E-state index contributed by atoms with van der Waals surface area (Å²) in [5, 5.41) is 8.76. The molecule has 0 aliphatic heterocycles. The van der Waals surface area contributed by atoms with Crippen molar-refractivity contribution >= 4 is 11.9 Å². The van der Waals surface area contributed by atoms with Gasteiger partial charge in [0.05, 0.1) is 11.1 Å². The van der Waals surface area contributed by atoms with Crippen LogP contribution in [0.15, 0.2) is 35.9 Å². The maximum absolute atomic E-state index is 11.8. The molecule has 0 saturated heterocycles. The number of carboxylic acid groups (broad SMARTS) is 1. The lowest BCUT2D eigenvalue weighted by atomic mass is 10.0. The first-order chi connectivity index (χ1) is 9.16. The summed E-state index contributed by atoms with van der Waals surface area (Å²) < 4.78 is 5.21. The van der Waals surface area contributed by atoms with Crippen molar-refractivity contribution in [3.8, 4) is 0 Å². The molecule has 4 nitrogen and oxygen atoms in total. The van der Waals surface area contributed by atoms with Crippen LogP contribution in [0.25, 0.3) is 0 Å². The number of hydrogen-bond donors (Lipinski definition) is 1. The van der Waals surface area contributed by atoms with Gasteiger partial charge in [-0.2, -0.15) is 0 Å². The summed E-state index contributed by atoms with van der Waals surface area (Å²) in [5.41, 5.74) is 1.70. The SMILES string of the molecule is O=C(O)c1ccc(C(=O)OCC2=CCCCC2)cc1. The van der Waals surface area contributed by atoms with Crippen LogP contribution in [0.5, 0.6) is 0 Å². The van der Waals surface area contributed by atoms with Crippen molar-refractivity contribution in [3.05, 3.63) is 47.0 Å². The van der Waals surface area contributed by atoms with Crippen molar-refractivity contribution in [1.29, 1.82) is 0 Å². The molecule has 0 radical (unpaired) electrons. The molecule has 0 aromatic heterocycles. The third-order valence-corrected chi connectivity index (χ3v) is 3.14. The number of benzene rings is 1. The molecule has 0 saturated carbocycles. The number of esters is 1. The van der Waals surface area contributed by atoms with Crippen LogP contribution in [0.2, 0.25) is 0 Å². The van der Waals surface area contributed by atoms with Gasteiger partial charge < -0.3 is 9.84 Å². The first-order valence-corrected chi connectivity index (χ1v) is 6.35. The number of ether oxygens (including phenoxy) is 1. The predicted octanol–water partition coefficient (Wildman–Crippen LogP) is 3.04. The molecule has 100 valence electrons. The molecular formula is C15H16O4. The molecule has 1 aromatic rings. The van der Waals surface area contributed by atoms with E-state index in [0.717, 1.165) is 19.3 Å². The van der Waals surface area contributed by atoms with E-state index in [-0.39, 0.29) is 5.56 Å². The van der Waals surface area contributed by atoms with E-state index in [4.69, 9.17) is 9.84 Å². The van der Waals surface area contributed by atoms with E-state index in [0.29, 0.717) is 12.2 Å². The zero-order chi connectivity index (χ0) is 13.7. The van der Waals surface area contributed by atoms with Gasteiger partial charge in [0.25, 0.3) is 0 Å². The van der Waals surface area contributed by atoms with Gasteiger partial charge in [0, 0.05) is 0 Å². The standard InChI is InChI=1S/C15H16O4/c16-14(17)12-6-8-13(9-7-12)15(18)19-10-11-4-2-1-3-5-11/h4,6-9H,1-3,5,10H2,(H,16,17). The molecule has 2 rings (SSSR count). The molecule has 19 heavy (non-hydrogen) atoms. The van der Waals surface area contributed by atoms with Gasteiger partial charge in [-0.05, 0) is 55.5 Å². The van der Waals surface area contributed by atoms with Gasteiger partial charge >= 0.3 is 11.9 Å². The first kappa shape index (κ1) is 13.3. The van der Waals surface area contributed by atoms with Crippen molar-refractivity contribution in [2.24, 2.45) is 0 Å². The number of carbonyl (C=O) groups is 2. The van der Waals surface area contributed by atoms with Crippen LogP contribution in [0.3, 0.4) is 0 Å². The third kappa shape index (κ3) is 3.68. The summed E-state index contributed by atoms with van der Waals surface area (Å²) in [7, 11) is 0. The smallest absolute Gasteiger partial charge is 0.338 e. The maximum Gasteiger partial charge on any atom is 0.338 e. The minimum atomic E-state index is -1.01. The highest BCUT2D eigenvalue weighted by Gasteiger charge is 2.11. The van der Waals surface area contributed by atoms with Crippen LogP contribution >= 0.6 is 0 Å². The molecule has 0 spiro atoms. The molecule has 0 fully saturated rings. The van der Waals surface area contributed by atoms with Gasteiger partial charge in [0.15, 0.2) is 0 Å². The van der Waals surface area contributed by atoms with E-state index >= 15 is 0 Å². The second-order valence-corrected chi connectivity index (χ2v) is 4.57. The normalized spacial score (nSPS) is 14.6. The van der Waals surface area contributed by atoms with E-state index < -0.39 is 11.9 Å². The Labute approximate surface area is 111 Å². The molecule has 1 aromatic carbocycles. The molecule has 1 aliphatic rings. The van der Waals surface area contributed by atoms with E-state index in [2.05, 4.69) is 6.08 Å². The van der Waals surface area contributed by atoms with Gasteiger partial charge in [-0.15, -0.1) is 0 Å². The fourth-order valence-electron chi connectivity index (χ4n) is 2.03. The zero-order valence-corrected chi connectivity index (χ0v) is 10.6. The molecule has 1 N–H and O–H groups in total. The molecule has 0 amide bonds. The Bertz CT molecular complexity index is 499. The predicted molar refractivity (Wildman–Crippen MR) is 70.2 cm³/mol. The monoisotopic (exact) mass is 260 g/mol. The molecule has 1 aliphatic carbocycles. The van der Waals surface area contributed by atoms with Crippen molar-refractivity contribution in [3.63, 3.8) is 0 Å². The Morgan fingerprint density at radius 1 is 1.11 bits per heavy atom. The Morgan fingerprint density at radius 3 is 2.37 bits per heavy atom. The average molecular weight is 260 g/mol. The van der Waals surface area contributed by atoms with Crippen LogP contribution in [-0.2, 0) is 4.74 Å². The zero-order valence-electron chi connectivity index (χ0n) is 10.6. The van der Waals surface area contributed by atoms with Gasteiger partial charge in [-0.1, -0.05) is 6.08 Å². The van der Waals surface area contributed by atoms with Crippen LogP contribution in [0.1, 0.15) is 46.4 Å².